The number of carbonyl (C=O) groups is 1. The Labute approximate surface area is 140 Å². The number of amides is 1. The lowest BCUT2D eigenvalue weighted by atomic mass is 9.88. The molecular weight excluding hydrogens is 288 g/mol. The van der Waals surface area contributed by atoms with Crippen molar-refractivity contribution in [1.82, 2.24) is 10.2 Å². The average molecular weight is 318 g/mol. The first kappa shape index (κ1) is 17.8. The number of aryl methyl sites for hydroxylation is 1. The zero-order valence-corrected chi connectivity index (χ0v) is 15.3. The van der Waals surface area contributed by atoms with Gasteiger partial charge in [-0.2, -0.15) is 0 Å². The number of rotatable bonds is 3. The number of hydrogen-bond donors (Lipinski definition) is 1. The van der Waals surface area contributed by atoms with Gasteiger partial charge in [-0.1, -0.05) is 18.2 Å². The highest BCUT2D eigenvalue weighted by Crippen LogP contribution is 2.33. The zero-order chi connectivity index (χ0) is 17.2. The molecule has 128 valence electrons. The van der Waals surface area contributed by atoms with Gasteiger partial charge < -0.3 is 15.0 Å². The monoisotopic (exact) mass is 318 g/mol. The Kier molecular flexibility index (Phi) is 5.35. The fraction of sp³-hybridized carbons (Fsp3) is 0.632. The molecule has 1 saturated heterocycles. The summed E-state index contributed by atoms with van der Waals surface area (Å²) >= 11 is 0. The number of nitrogens with zero attached hydrogens (tertiary/aromatic N) is 1. The van der Waals surface area contributed by atoms with Gasteiger partial charge in [0.25, 0.3) is 0 Å². The molecule has 1 amide bonds. The van der Waals surface area contributed by atoms with E-state index in [0.717, 1.165) is 19.5 Å². The summed E-state index contributed by atoms with van der Waals surface area (Å²) < 4.78 is 5.50. The van der Waals surface area contributed by atoms with Crippen LogP contribution < -0.4 is 5.32 Å². The Morgan fingerprint density at radius 1 is 1.35 bits per heavy atom. The van der Waals surface area contributed by atoms with Crippen molar-refractivity contribution >= 4 is 6.09 Å². The van der Waals surface area contributed by atoms with Gasteiger partial charge in [-0.05, 0) is 70.7 Å². The van der Waals surface area contributed by atoms with E-state index < -0.39 is 5.60 Å². The maximum absolute atomic E-state index is 12.3. The summed E-state index contributed by atoms with van der Waals surface area (Å²) in [5, 5.41) is 3.46. The van der Waals surface area contributed by atoms with Crippen molar-refractivity contribution < 1.29 is 9.53 Å². The van der Waals surface area contributed by atoms with Crippen LogP contribution in [0.5, 0.6) is 0 Å². The third kappa shape index (κ3) is 4.25. The highest BCUT2D eigenvalue weighted by molar-refractivity contribution is 5.68. The second-order valence-electron chi connectivity index (χ2n) is 7.53. The van der Waals surface area contributed by atoms with Gasteiger partial charge in [0.2, 0.25) is 0 Å². The lowest BCUT2D eigenvalue weighted by molar-refractivity contribution is 0.0285. The van der Waals surface area contributed by atoms with E-state index in [-0.39, 0.29) is 12.1 Å². The molecule has 0 spiro atoms. The van der Waals surface area contributed by atoms with Crippen molar-refractivity contribution in [3.63, 3.8) is 0 Å². The Bertz CT molecular complexity index is 563. The second-order valence-corrected chi connectivity index (χ2v) is 7.53. The van der Waals surface area contributed by atoms with Crippen molar-refractivity contribution in [3.05, 3.63) is 34.9 Å². The van der Waals surface area contributed by atoms with Crippen LogP contribution in [0.15, 0.2) is 18.2 Å². The molecule has 1 aromatic rings. The van der Waals surface area contributed by atoms with Gasteiger partial charge in [0.1, 0.15) is 5.60 Å². The van der Waals surface area contributed by atoms with Crippen LogP contribution in [0.1, 0.15) is 49.9 Å². The van der Waals surface area contributed by atoms with Gasteiger partial charge in [-0.3, -0.25) is 0 Å². The maximum atomic E-state index is 12.3. The predicted octanol–water partition coefficient (Wildman–Crippen LogP) is 3.82. The fourth-order valence-corrected chi connectivity index (χ4v) is 3.31. The van der Waals surface area contributed by atoms with E-state index in [9.17, 15) is 4.79 Å². The molecule has 1 heterocycles. The number of likely N-dealkylation sites (tertiary alicyclic amines) is 1. The van der Waals surface area contributed by atoms with E-state index in [1.54, 1.807) is 0 Å². The van der Waals surface area contributed by atoms with Gasteiger partial charge in [0.05, 0.1) is 0 Å². The highest BCUT2D eigenvalue weighted by Gasteiger charge is 2.34. The number of hydrogen-bond acceptors (Lipinski definition) is 3. The van der Waals surface area contributed by atoms with Crippen LogP contribution in [0.4, 0.5) is 4.79 Å². The molecule has 0 radical (unpaired) electrons. The number of ether oxygens (including phenoxy) is 1. The lowest BCUT2D eigenvalue weighted by Crippen LogP contribution is -2.36. The molecule has 0 saturated carbocycles. The van der Waals surface area contributed by atoms with Gasteiger partial charge in [0.15, 0.2) is 0 Å². The number of benzene rings is 1. The normalized spacial score (nSPS) is 19.7. The van der Waals surface area contributed by atoms with Crippen molar-refractivity contribution in [2.45, 2.75) is 52.7 Å². The molecule has 23 heavy (non-hydrogen) atoms. The first-order chi connectivity index (χ1) is 10.7. The van der Waals surface area contributed by atoms with Crippen molar-refractivity contribution in [2.75, 3.05) is 20.1 Å². The smallest absolute Gasteiger partial charge is 0.410 e. The third-order valence-corrected chi connectivity index (χ3v) is 4.64. The minimum absolute atomic E-state index is 0.198. The third-order valence-electron chi connectivity index (χ3n) is 4.64. The Balaban J connectivity index is 2.10. The van der Waals surface area contributed by atoms with E-state index >= 15 is 0 Å². The first-order valence-electron chi connectivity index (χ1n) is 8.44. The molecule has 4 nitrogen and oxygen atoms in total. The molecule has 1 aliphatic heterocycles. The van der Waals surface area contributed by atoms with E-state index in [4.69, 9.17) is 4.74 Å². The molecule has 1 aliphatic rings. The predicted molar refractivity (Wildman–Crippen MR) is 93.6 cm³/mol. The van der Waals surface area contributed by atoms with Crippen LogP contribution in [0.2, 0.25) is 0 Å². The molecule has 1 aromatic carbocycles. The van der Waals surface area contributed by atoms with Crippen molar-refractivity contribution in [2.24, 2.45) is 5.92 Å². The Morgan fingerprint density at radius 2 is 2.04 bits per heavy atom. The molecule has 4 heteroatoms. The summed E-state index contributed by atoms with van der Waals surface area (Å²) in [5.41, 5.74) is 3.54. The molecule has 0 aliphatic carbocycles. The van der Waals surface area contributed by atoms with E-state index in [2.05, 4.69) is 37.4 Å². The van der Waals surface area contributed by atoms with E-state index in [1.165, 1.54) is 16.7 Å². The van der Waals surface area contributed by atoms with Crippen LogP contribution >= 0.6 is 0 Å². The average Bonchev–Trinajstić information content (AvgIpc) is 2.92. The van der Waals surface area contributed by atoms with Crippen LogP contribution in [0.3, 0.4) is 0 Å². The van der Waals surface area contributed by atoms with Crippen LogP contribution in [0, 0.1) is 19.8 Å². The molecule has 0 bridgehead atoms. The summed E-state index contributed by atoms with van der Waals surface area (Å²) in [6, 6.07) is 6.72. The van der Waals surface area contributed by atoms with Crippen molar-refractivity contribution in [1.29, 1.82) is 0 Å². The minimum Gasteiger partial charge on any atom is -0.444 e. The summed E-state index contributed by atoms with van der Waals surface area (Å²) in [7, 11) is 2.00. The van der Waals surface area contributed by atoms with Gasteiger partial charge in [0, 0.05) is 19.1 Å². The Hall–Kier alpha value is -1.55. The molecule has 2 rings (SSSR count). The molecule has 2 atom stereocenters. The summed E-state index contributed by atoms with van der Waals surface area (Å²) in [6.07, 6.45) is 0.800. The number of carbonyl (C=O) groups excluding carboxylic acids is 1. The fourth-order valence-electron chi connectivity index (χ4n) is 3.31. The summed E-state index contributed by atoms with van der Waals surface area (Å²) in [5.74, 6) is 0.410. The molecule has 0 aromatic heterocycles. The molecule has 1 fully saturated rings. The second kappa shape index (κ2) is 6.91. The highest BCUT2D eigenvalue weighted by atomic mass is 16.6. The summed E-state index contributed by atoms with van der Waals surface area (Å²) in [6.45, 7) is 11.6. The largest absolute Gasteiger partial charge is 0.444 e. The SMILES string of the molecule is CNC(c1cccc(C)c1C)C1CCN(C(=O)OC(C)(C)C)C1. The van der Waals surface area contributed by atoms with Crippen molar-refractivity contribution in [3.8, 4) is 0 Å². The first-order valence-corrected chi connectivity index (χ1v) is 8.44. The van der Waals surface area contributed by atoms with Gasteiger partial charge in [-0.25, -0.2) is 4.79 Å². The Morgan fingerprint density at radius 3 is 2.65 bits per heavy atom. The van der Waals surface area contributed by atoms with E-state index in [1.807, 2.05) is 32.7 Å². The lowest BCUT2D eigenvalue weighted by Gasteiger charge is -2.27. The van der Waals surface area contributed by atoms with Gasteiger partial charge >= 0.3 is 6.09 Å². The van der Waals surface area contributed by atoms with Gasteiger partial charge in [-0.15, -0.1) is 0 Å². The zero-order valence-electron chi connectivity index (χ0n) is 15.3. The van der Waals surface area contributed by atoms with Crippen LogP contribution in [-0.4, -0.2) is 36.7 Å². The van der Waals surface area contributed by atoms with Crippen LogP contribution in [-0.2, 0) is 4.74 Å². The summed E-state index contributed by atoms with van der Waals surface area (Å²) in [4.78, 5) is 14.1. The molecule has 2 unspecified atom stereocenters. The standard InChI is InChI=1S/C19H30N2O2/c1-13-8-7-9-16(14(13)2)17(20-6)15-10-11-21(12-15)18(22)23-19(3,4)5/h7-9,15,17,20H,10-12H2,1-6H3. The van der Waals surface area contributed by atoms with E-state index in [0.29, 0.717) is 5.92 Å². The minimum atomic E-state index is -0.440. The molecule has 1 N–H and O–H groups in total. The maximum Gasteiger partial charge on any atom is 0.410 e. The topological polar surface area (TPSA) is 41.6 Å². The molecular formula is C19H30N2O2. The number of nitrogens with one attached hydrogen (secondary N) is 1. The quantitative estimate of drug-likeness (QED) is 0.921. The van der Waals surface area contributed by atoms with Crippen LogP contribution in [0.25, 0.3) is 0 Å².